The highest BCUT2D eigenvalue weighted by Crippen LogP contribution is 2.15. The molecule has 76 valence electrons. The van der Waals surface area contributed by atoms with E-state index in [0.717, 1.165) is 5.56 Å². The van der Waals surface area contributed by atoms with E-state index in [2.05, 4.69) is 5.25 Å². The molecule has 0 radical (unpaired) electrons. The monoisotopic (exact) mass is 214 g/mol. The van der Waals surface area contributed by atoms with Crippen LogP contribution in [0.3, 0.4) is 0 Å². The van der Waals surface area contributed by atoms with Crippen molar-refractivity contribution in [2.45, 2.75) is 13.5 Å². The summed E-state index contributed by atoms with van der Waals surface area (Å²) in [7, 11) is -1.90. The topological polar surface area (TPSA) is 47.6 Å². The number of nitrogens with one attached hydrogen (secondary N) is 1. The van der Waals surface area contributed by atoms with Gasteiger partial charge in [-0.05, 0) is 17.1 Å². The van der Waals surface area contributed by atoms with Crippen molar-refractivity contribution in [2.75, 3.05) is 6.61 Å². The van der Waals surface area contributed by atoms with E-state index >= 15 is 0 Å². The molecule has 1 unspecified atom stereocenters. The molecule has 0 saturated carbocycles. The molecule has 0 heterocycles. The van der Waals surface area contributed by atoms with Gasteiger partial charge in [0.1, 0.15) is 6.61 Å². The molecule has 0 bridgehead atoms. The van der Waals surface area contributed by atoms with E-state index in [4.69, 9.17) is 9.36 Å². The molecule has 5 heteroatoms. The average molecular weight is 214 g/mol. The standard InChI is InChI=1S/C9H13NO3P/c1-2-13-14(11)10-12-8-9-6-4-3-5-7-9/h3-7H,2,8H2,1H3,(H,10,11)/q+1. The van der Waals surface area contributed by atoms with Crippen LogP contribution >= 0.6 is 8.18 Å². The fourth-order valence-electron chi connectivity index (χ4n) is 0.886. The lowest BCUT2D eigenvalue weighted by Crippen LogP contribution is -2.06. The predicted molar refractivity (Wildman–Crippen MR) is 53.6 cm³/mol. The van der Waals surface area contributed by atoms with Crippen molar-refractivity contribution in [3.8, 4) is 0 Å². The molecule has 0 aliphatic carbocycles. The second-order valence-electron chi connectivity index (χ2n) is 2.54. The third-order valence-corrected chi connectivity index (χ3v) is 2.24. The molecule has 0 amide bonds. The van der Waals surface area contributed by atoms with Gasteiger partial charge in [-0.1, -0.05) is 30.3 Å². The van der Waals surface area contributed by atoms with Crippen LogP contribution in [-0.2, 0) is 20.5 Å². The molecule has 0 aromatic heterocycles. The van der Waals surface area contributed by atoms with Crippen LogP contribution in [0.2, 0.25) is 0 Å². The van der Waals surface area contributed by atoms with Crippen molar-refractivity contribution >= 4 is 8.18 Å². The fraction of sp³-hybridized carbons (Fsp3) is 0.333. The number of hydrogen-bond acceptors (Lipinski definition) is 3. The van der Waals surface area contributed by atoms with E-state index < -0.39 is 8.18 Å². The maximum absolute atomic E-state index is 10.9. The summed E-state index contributed by atoms with van der Waals surface area (Å²) in [4.78, 5) is 4.98. The Labute approximate surface area is 84.1 Å². The van der Waals surface area contributed by atoms with Gasteiger partial charge in [-0.15, -0.1) is 4.52 Å². The van der Waals surface area contributed by atoms with Gasteiger partial charge in [-0.25, -0.2) is 0 Å². The van der Waals surface area contributed by atoms with Gasteiger partial charge in [0.15, 0.2) is 0 Å². The number of rotatable bonds is 6. The molecule has 1 rings (SSSR count). The molecular formula is C9H13NO3P+. The summed E-state index contributed by atoms with van der Waals surface area (Å²) in [6.07, 6.45) is 0. The van der Waals surface area contributed by atoms with Gasteiger partial charge in [-0.3, -0.25) is 4.84 Å². The maximum Gasteiger partial charge on any atom is 0.639 e. The molecule has 14 heavy (non-hydrogen) atoms. The Morgan fingerprint density at radius 2 is 2.07 bits per heavy atom. The van der Waals surface area contributed by atoms with Crippen molar-refractivity contribution in [1.82, 2.24) is 5.25 Å². The zero-order chi connectivity index (χ0) is 10.2. The van der Waals surface area contributed by atoms with Crippen LogP contribution in [0.5, 0.6) is 0 Å². The molecule has 0 saturated heterocycles. The van der Waals surface area contributed by atoms with E-state index in [-0.39, 0.29) is 0 Å². The summed E-state index contributed by atoms with van der Waals surface area (Å²) in [5.41, 5.74) is 1.01. The molecule has 1 atom stereocenters. The highest BCUT2D eigenvalue weighted by Gasteiger charge is 2.15. The summed E-state index contributed by atoms with van der Waals surface area (Å²) in [5.74, 6) is 0. The van der Waals surface area contributed by atoms with E-state index in [1.54, 1.807) is 6.92 Å². The molecular weight excluding hydrogens is 201 g/mol. The summed E-state index contributed by atoms with van der Waals surface area (Å²) < 4.78 is 15.7. The summed E-state index contributed by atoms with van der Waals surface area (Å²) in [6.45, 7) is 2.54. The first kappa shape index (κ1) is 11.3. The van der Waals surface area contributed by atoms with Crippen LogP contribution in [0.25, 0.3) is 0 Å². The SMILES string of the molecule is CCO[P+](=O)NOCc1ccccc1. The van der Waals surface area contributed by atoms with E-state index in [0.29, 0.717) is 13.2 Å². The Bertz CT molecular complexity index is 279. The van der Waals surface area contributed by atoms with E-state index in [1.807, 2.05) is 30.3 Å². The highest BCUT2D eigenvalue weighted by atomic mass is 31.1. The summed E-state index contributed by atoms with van der Waals surface area (Å²) >= 11 is 0. The summed E-state index contributed by atoms with van der Waals surface area (Å²) in [6, 6.07) is 9.62. The van der Waals surface area contributed by atoms with Crippen molar-refractivity contribution < 1.29 is 13.9 Å². The van der Waals surface area contributed by atoms with Crippen LogP contribution in [-0.4, -0.2) is 6.61 Å². The second kappa shape index (κ2) is 6.62. The number of benzene rings is 1. The van der Waals surface area contributed by atoms with E-state index in [1.165, 1.54) is 0 Å². The molecule has 0 aliphatic rings. The Hall–Kier alpha value is -0.800. The number of hydrogen-bond donors (Lipinski definition) is 1. The molecule has 1 aromatic rings. The van der Waals surface area contributed by atoms with Gasteiger partial charge in [0.25, 0.3) is 0 Å². The van der Waals surface area contributed by atoms with Crippen molar-refractivity contribution in [3.63, 3.8) is 0 Å². The van der Waals surface area contributed by atoms with Gasteiger partial charge >= 0.3 is 8.18 Å². The lowest BCUT2D eigenvalue weighted by molar-refractivity contribution is 0.0710. The van der Waals surface area contributed by atoms with Crippen molar-refractivity contribution in [1.29, 1.82) is 0 Å². The van der Waals surface area contributed by atoms with Gasteiger partial charge in [0, 0.05) is 5.25 Å². The zero-order valence-corrected chi connectivity index (χ0v) is 8.87. The van der Waals surface area contributed by atoms with Gasteiger partial charge < -0.3 is 0 Å². The smallest absolute Gasteiger partial charge is 0.254 e. The van der Waals surface area contributed by atoms with Crippen molar-refractivity contribution in [2.24, 2.45) is 0 Å². The molecule has 1 aromatic carbocycles. The van der Waals surface area contributed by atoms with Crippen LogP contribution in [0.4, 0.5) is 0 Å². The van der Waals surface area contributed by atoms with Gasteiger partial charge in [0.05, 0.1) is 6.61 Å². The second-order valence-corrected chi connectivity index (χ2v) is 3.50. The first-order valence-corrected chi connectivity index (χ1v) is 5.52. The Morgan fingerprint density at radius 3 is 2.71 bits per heavy atom. The molecule has 0 aliphatic heterocycles. The normalized spacial score (nSPS) is 11.4. The van der Waals surface area contributed by atoms with Crippen LogP contribution in [0, 0.1) is 0 Å². The van der Waals surface area contributed by atoms with Crippen LogP contribution < -0.4 is 5.25 Å². The van der Waals surface area contributed by atoms with Gasteiger partial charge in [-0.2, -0.15) is 0 Å². The third kappa shape index (κ3) is 4.44. The zero-order valence-electron chi connectivity index (χ0n) is 7.97. The summed E-state index contributed by atoms with van der Waals surface area (Å²) in [5, 5.41) is 2.32. The first-order valence-electron chi connectivity index (χ1n) is 4.34. The Kier molecular flexibility index (Phi) is 5.33. The minimum atomic E-state index is -1.90. The average Bonchev–Trinajstić information content (AvgIpc) is 2.20. The molecule has 4 nitrogen and oxygen atoms in total. The highest BCUT2D eigenvalue weighted by molar-refractivity contribution is 7.36. The molecule has 1 N–H and O–H groups in total. The third-order valence-electron chi connectivity index (χ3n) is 1.47. The van der Waals surface area contributed by atoms with Crippen LogP contribution in [0.1, 0.15) is 12.5 Å². The lowest BCUT2D eigenvalue weighted by Gasteiger charge is -1.97. The van der Waals surface area contributed by atoms with E-state index in [9.17, 15) is 4.57 Å². The van der Waals surface area contributed by atoms with Crippen LogP contribution in [0.15, 0.2) is 30.3 Å². The van der Waals surface area contributed by atoms with Gasteiger partial charge in [0.2, 0.25) is 0 Å². The molecule has 0 fully saturated rings. The Balaban J connectivity index is 2.19. The fourth-order valence-corrected chi connectivity index (χ4v) is 1.34. The Morgan fingerprint density at radius 1 is 1.36 bits per heavy atom. The largest absolute Gasteiger partial charge is 0.639 e. The molecule has 0 spiro atoms. The minimum absolute atomic E-state index is 0.370. The first-order chi connectivity index (χ1) is 6.83. The maximum atomic E-state index is 10.9. The predicted octanol–water partition coefficient (Wildman–Crippen LogP) is 2.40. The van der Waals surface area contributed by atoms with Crippen molar-refractivity contribution in [3.05, 3.63) is 35.9 Å². The minimum Gasteiger partial charge on any atom is -0.254 e. The quantitative estimate of drug-likeness (QED) is 0.583. The lowest BCUT2D eigenvalue weighted by atomic mass is 10.2.